The minimum absolute atomic E-state index is 0.151. The average Bonchev–Trinajstić information content (AvgIpc) is 3.26. The van der Waals surface area contributed by atoms with Gasteiger partial charge in [-0.3, -0.25) is 19.1 Å². The summed E-state index contributed by atoms with van der Waals surface area (Å²) < 4.78 is 1.49. The van der Waals surface area contributed by atoms with E-state index in [1.807, 2.05) is 24.3 Å². The number of carbonyl (C=O) groups excluding carboxylic acids is 3. The summed E-state index contributed by atoms with van der Waals surface area (Å²) in [5.41, 5.74) is 1.66. The lowest BCUT2D eigenvalue weighted by Gasteiger charge is -2.41. The van der Waals surface area contributed by atoms with E-state index in [0.717, 1.165) is 37.7 Å². The molecule has 2 N–H and O–H groups in total. The Morgan fingerprint density at radius 2 is 1.79 bits per heavy atom. The average molecular weight is 452 g/mol. The molecule has 2 aliphatic rings. The molecule has 0 bridgehead atoms. The number of fused-ring (bicyclic) bond motifs is 1. The van der Waals surface area contributed by atoms with Crippen LogP contribution in [0.25, 0.3) is 0 Å². The first-order valence-electron chi connectivity index (χ1n) is 11.8. The van der Waals surface area contributed by atoms with Crippen molar-refractivity contribution in [3.8, 4) is 0 Å². The van der Waals surface area contributed by atoms with Crippen molar-refractivity contribution in [2.45, 2.75) is 77.0 Å². The molecule has 0 radical (unpaired) electrons. The van der Waals surface area contributed by atoms with Crippen LogP contribution in [0.3, 0.4) is 0 Å². The predicted molar refractivity (Wildman–Crippen MR) is 125 cm³/mol. The van der Waals surface area contributed by atoms with Gasteiger partial charge in [-0.2, -0.15) is 5.10 Å². The van der Waals surface area contributed by atoms with Gasteiger partial charge in [0.15, 0.2) is 5.69 Å². The fourth-order valence-electron chi connectivity index (χ4n) is 4.59. The highest BCUT2D eigenvalue weighted by molar-refractivity contribution is 6.01. The number of rotatable bonds is 6. The monoisotopic (exact) mass is 451 g/mol. The molecule has 8 nitrogen and oxygen atoms in total. The molecule has 4 rings (SSSR count). The highest BCUT2D eigenvalue weighted by atomic mass is 16.2. The van der Waals surface area contributed by atoms with Gasteiger partial charge in [-0.25, -0.2) is 0 Å². The molecule has 1 aromatic carbocycles. The molecule has 1 atom stereocenters. The van der Waals surface area contributed by atoms with E-state index in [1.54, 1.807) is 14.0 Å². The zero-order valence-electron chi connectivity index (χ0n) is 19.7. The Balaban J connectivity index is 1.45. The molecule has 0 saturated heterocycles. The van der Waals surface area contributed by atoms with Crippen LogP contribution in [0.5, 0.6) is 0 Å². The number of nitrogens with zero attached hydrogens (tertiary/aromatic N) is 3. The molecule has 1 aliphatic heterocycles. The third kappa shape index (κ3) is 4.65. The Morgan fingerprint density at radius 3 is 2.45 bits per heavy atom. The minimum Gasteiger partial charge on any atom is -0.351 e. The summed E-state index contributed by atoms with van der Waals surface area (Å²) in [4.78, 5) is 40.4. The van der Waals surface area contributed by atoms with Gasteiger partial charge in [0.1, 0.15) is 11.2 Å². The van der Waals surface area contributed by atoms with Crippen LogP contribution in [0, 0.1) is 0 Å². The molecule has 2 aromatic rings. The molecule has 1 fully saturated rings. The smallest absolute Gasteiger partial charge is 0.272 e. The van der Waals surface area contributed by atoms with Gasteiger partial charge in [0.25, 0.3) is 11.8 Å². The maximum Gasteiger partial charge on any atom is 0.272 e. The normalized spacial score (nSPS) is 20.9. The molecule has 176 valence electrons. The lowest BCUT2D eigenvalue weighted by atomic mass is 9.92. The number of nitrogens with one attached hydrogen (secondary N) is 2. The third-order valence-corrected chi connectivity index (χ3v) is 7.05. The zero-order valence-corrected chi connectivity index (χ0v) is 19.7. The van der Waals surface area contributed by atoms with Crippen LogP contribution in [0.2, 0.25) is 0 Å². The maximum atomic E-state index is 13.2. The van der Waals surface area contributed by atoms with Crippen LogP contribution in [-0.4, -0.2) is 51.0 Å². The molecule has 1 saturated carbocycles. The minimum atomic E-state index is -1.07. The third-order valence-electron chi connectivity index (χ3n) is 7.05. The first-order valence-corrected chi connectivity index (χ1v) is 11.8. The van der Waals surface area contributed by atoms with Gasteiger partial charge in [0, 0.05) is 25.7 Å². The van der Waals surface area contributed by atoms with Crippen molar-refractivity contribution in [2.24, 2.45) is 0 Å². The van der Waals surface area contributed by atoms with Gasteiger partial charge in [0.05, 0.1) is 6.54 Å². The number of aromatic nitrogens is 2. The first kappa shape index (κ1) is 23.0. The molecule has 1 unspecified atom stereocenters. The van der Waals surface area contributed by atoms with Gasteiger partial charge in [0.2, 0.25) is 5.91 Å². The quantitative estimate of drug-likeness (QED) is 0.706. The molecule has 33 heavy (non-hydrogen) atoms. The van der Waals surface area contributed by atoms with Crippen LogP contribution < -0.4 is 10.6 Å². The van der Waals surface area contributed by atoms with Gasteiger partial charge in [-0.05, 0) is 37.3 Å². The topological polar surface area (TPSA) is 96.3 Å². The fraction of sp³-hybridized carbons (Fsp3) is 0.520. The van der Waals surface area contributed by atoms with Crippen molar-refractivity contribution in [1.29, 1.82) is 0 Å². The van der Waals surface area contributed by atoms with Gasteiger partial charge >= 0.3 is 0 Å². The lowest BCUT2D eigenvalue weighted by molar-refractivity contribution is -0.133. The molecular formula is C25H33N5O3. The standard InChI is InChI=1S/C25H33N5O3/c1-4-17-10-12-18(13-11-17)15-26-22(31)20-14-21-23(32)29(3)25(2,16-30(21)28-20)24(33)27-19-8-6-5-7-9-19/h10-14,19H,4-9,15-16H2,1-3H3,(H,26,31)(H,27,33). The van der Waals surface area contributed by atoms with Crippen molar-refractivity contribution in [3.63, 3.8) is 0 Å². The summed E-state index contributed by atoms with van der Waals surface area (Å²) in [6, 6.07) is 9.73. The number of likely N-dealkylation sites (N-methyl/N-ethyl adjacent to an activating group) is 1. The van der Waals surface area contributed by atoms with Gasteiger partial charge in [-0.15, -0.1) is 0 Å². The molecule has 8 heteroatoms. The Bertz CT molecular complexity index is 1040. The number of hydrogen-bond donors (Lipinski definition) is 2. The SMILES string of the molecule is CCc1ccc(CNC(=O)c2cc3n(n2)CC(C)(C(=O)NC2CCCCC2)N(C)C3=O)cc1. The van der Waals surface area contributed by atoms with Crippen LogP contribution in [-0.2, 0) is 24.3 Å². The lowest BCUT2D eigenvalue weighted by Crippen LogP contribution is -2.63. The molecule has 1 aliphatic carbocycles. The summed E-state index contributed by atoms with van der Waals surface area (Å²) >= 11 is 0. The second-order valence-electron chi connectivity index (χ2n) is 9.37. The first-order chi connectivity index (χ1) is 15.8. The predicted octanol–water partition coefficient (Wildman–Crippen LogP) is 2.67. The van der Waals surface area contributed by atoms with Crippen LogP contribution in [0.1, 0.15) is 78.1 Å². The van der Waals surface area contributed by atoms with E-state index >= 15 is 0 Å². The fourth-order valence-corrected chi connectivity index (χ4v) is 4.59. The van der Waals surface area contributed by atoms with Gasteiger partial charge < -0.3 is 15.5 Å². The van der Waals surface area contributed by atoms with Crippen LogP contribution >= 0.6 is 0 Å². The number of hydrogen-bond acceptors (Lipinski definition) is 4. The van der Waals surface area contributed by atoms with Crippen molar-refractivity contribution in [1.82, 2.24) is 25.3 Å². The van der Waals surface area contributed by atoms with E-state index in [2.05, 4.69) is 22.7 Å². The van der Waals surface area contributed by atoms with E-state index in [0.29, 0.717) is 12.2 Å². The highest BCUT2D eigenvalue weighted by Gasteiger charge is 2.46. The zero-order chi connectivity index (χ0) is 23.6. The van der Waals surface area contributed by atoms with E-state index < -0.39 is 5.54 Å². The molecule has 3 amide bonds. The second-order valence-corrected chi connectivity index (χ2v) is 9.37. The van der Waals surface area contributed by atoms with E-state index in [-0.39, 0.29) is 36.0 Å². The molecule has 0 spiro atoms. The van der Waals surface area contributed by atoms with Crippen LogP contribution in [0.4, 0.5) is 0 Å². The number of benzene rings is 1. The molecule has 1 aromatic heterocycles. The largest absolute Gasteiger partial charge is 0.351 e. The Kier molecular flexibility index (Phi) is 6.54. The summed E-state index contributed by atoms with van der Waals surface area (Å²) in [5.74, 6) is -0.836. The van der Waals surface area contributed by atoms with Crippen molar-refractivity contribution < 1.29 is 14.4 Å². The summed E-state index contributed by atoms with van der Waals surface area (Å²) in [6.07, 6.45) is 6.33. The summed E-state index contributed by atoms with van der Waals surface area (Å²) in [7, 11) is 1.64. The van der Waals surface area contributed by atoms with Crippen molar-refractivity contribution in [3.05, 3.63) is 52.8 Å². The maximum absolute atomic E-state index is 13.2. The second kappa shape index (κ2) is 9.37. The Morgan fingerprint density at radius 1 is 1.12 bits per heavy atom. The molecular weight excluding hydrogens is 418 g/mol. The van der Waals surface area contributed by atoms with E-state index in [9.17, 15) is 14.4 Å². The number of aryl methyl sites for hydroxylation is 1. The van der Waals surface area contributed by atoms with Gasteiger partial charge in [-0.1, -0.05) is 50.5 Å². The Hall–Kier alpha value is -3.16. The van der Waals surface area contributed by atoms with Crippen molar-refractivity contribution >= 4 is 17.7 Å². The number of amides is 3. The number of carbonyl (C=O) groups is 3. The summed E-state index contributed by atoms with van der Waals surface area (Å²) in [5, 5.41) is 10.4. The van der Waals surface area contributed by atoms with Crippen LogP contribution in [0.15, 0.2) is 30.3 Å². The summed E-state index contributed by atoms with van der Waals surface area (Å²) in [6.45, 7) is 4.43. The van der Waals surface area contributed by atoms with E-state index in [4.69, 9.17) is 0 Å². The van der Waals surface area contributed by atoms with Crippen molar-refractivity contribution in [2.75, 3.05) is 7.05 Å². The molecule has 2 heterocycles. The Labute approximate surface area is 194 Å². The van der Waals surface area contributed by atoms with E-state index in [1.165, 1.54) is 27.6 Å². The highest BCUT2D eigenvalue weighted by Crippen LogP contribution is 2.27.